The average molecular weight is 459 g/mol. The Morgan fingerprint density at radius 2 is 1.62 bits per heavy atom. The molecule has 150 valence electrons. The van der Waals surface area contributed by atoms with Crippen LogP contribution in [-0.2, 0) is 9.59 Å². The molecule has 0 aromatic heterocycles. The van der Waals surface area contributed by atoms with E-state index in [-0.39, 0.29) is 5.57 Å². The zero-order valence-corrected chi connectivity index (χ0v) is 17.9. The number of benzene rings is 2. The van der Waals surface area contributed by atoms with Crippen molar-refractivity contribution < 1.29 is 23.9 Å². The summed E-state index contributed by atoms with van der Waals surface area (Å²) in [6.45, 7) is 3.73. The third-order valence-electron chi connectivity index (χ3n) is 4.34. The highest BCUT2D eigenvalue weighted by atomic mass is 79.9. The van der Waals surface area contributed by atoms with Crippen LogP contribution in [0.1, 0.15) is 16.7 Å². The summed E-state index contributed by atoms with van der Waals surface area (Å²) < 4.78 is 11.4. The fourth-order valence-corrected chi connectivity index (χ4v) is 3.65. The average Bonchev–Trinajstić information content (AvgIpc) is 2.63. The predicted octanol–water partition coefficient (Wildman–Crippen LogP) is 3.75. The summed E-state index contributed by atoms with van der Waals surface area (Å²) in [4.78, 5) is 38.9. The zero-order chi connectivity index (χ0) is 21.3. The molecule has 1 N–H and O–H groups in total. The second-order valence-corrected chi connectivity index (χ2v) is 7.45. The molecule has 2 aromatic rings. The molecule has 1 heterocycles. The number of carbonyl (C=O) groups excluding carboxylic acids is 3. The van der Waals surface area contributed by atoms with Crippen LogP contribution < -0.4 is 19.7 Å². The van der Waals surface area contributed by atoms with Crippen molar-refractivity contribution in [2.24, 2.45) is 0 Å². The molecule has 3 rings (SSSR count). The second kappa shape index (κ2) is 8.08. The summed E-state index contributed by atoms with van der Waals surface area (Å²) >= 11 is 3.37. The van der Waals surface area contributed by atoms with Crippen molar-refractivity contribution in [1.82, 2.24) is 5.32 Å². The molecule has 0 radical (unpaired) electrons. The van der Waals surface area contributed by atoms with Gasteiger partial charge in [0.05, 0.1) is 19.9 Å². The molecule has 0 bridgehead atoms. The van der Waals surface area contributed by atoms with Gasteiger partial charge < -0.3 is 9.47 Å². The Kier molecular flexibility index (Phi) is 5.74. The van der Waals surface area contributed by atoms with Crippen LogP contribution in [-0.4, -0.2) is 32.1 Å². The van der Waals surface area contributed by atoms with Gasteiger partial charge in [-0.3, -0.25) is 14.9 Å². The molecule has 2 aromatic carbocycles. The van der Waals surface area contributed by atoms with Crippen LogP contribution in [0.3, 0.4) is 0 Å². The molecule has 4 amide bonds. The van der Waals surface area contributed by atoms with E-state index >= 15 is 0 Å². The van der Waals surface area contributed by atoms with E-state index in [1.165, 1.54) is 20.3 Å². The molecule has 8 heteroatoms. The number of imide groups is 2. The van der Waals surface area contributed by atoms with Crippen molar-refractivity contribution in [3.05, 3.63) is 57.1 Å². The number of aryl methyl sites for hydroxylation is 2. The molecule has 0 saturated carbocycles. The number of ether oxygens (including phenoxy) is 2. The molecule has 29 heavy (non-hydrogen) atoms. The topological polar surface area (TPSA) is 84.9 Å². The number of rotatable bonds is 4. The predicted molar refractivity (Wildman–Crippen MR) is 112 cm³/mol. The lowest BCUT2D eigenvalue weighted by Crippen LogP contribution is -2.54. The largest absolute Gasteiger partial charge is 0.493 e. The number of nitrogens with zero attached hydrogens (tertiary/aromatic N) is 1. The van der Waals surface area contributed by atoms with Gasteiger partial charge >= 0.3 is 6.03 Å². The van der Waals surface area contributed by atoms with E-state index in [0.29, 0.717) is 27.2 Å². The van der Waals surface area contributed by atoms with Gasteiger partial charge in [0, 0.05) is 10.0 Å². The van der Waals surface area contributed by atoms with Crippen LogP contribution in [0.2, 0.25) is 0 Å². The number of amides is 4. The summed E-state index contributed by atoms with van der Waals surface area (Å²) in [5, 5.41) is 2.22. The number of barbiturate groups is 1. The molecule has 0 unspecified atom stereocenters. The number of nitrogens with one attached hydrogen (secondary N) is 1. The van der Waals surface area contributed by atoms with Crippen LogP contribution in [0.15, 0.2) is 40.4 Å². The van der Waals surface area contributed by atoms with E-state index in [1.54, 1.807) is 24.3 Å². The van der Waals surface area contributed by atoms with Crippen LogP contribution in [0.25, 0.3) is 6.08 Å². The molecule has 1 aliphatic heterocycles. The highest BCUT2D eigenvalue weighted by Crippen LogP contribution is 2.36. The molecular weight excluding hydrogens is 440 g/mol. The van der Waals surface area contributed by atoms with Crippen LogP contribution >= 0.6 is 15.9 Å². The molecule has 1 saturated heterocycles. The highest BCUT2D eigenvalue weighted by Gasteiger charge is 2.37. The summed E-state index contributed by atoms with van der Waals surface area (Å²) in [6, 6.07) is 7.94. The maximum Gasteiger partial charge on any atom is 0.335 e. The molecule has 0 spiro atoms. The van der Waals surface area contributed by atoms with Gasteiger partial charge in [-0.15, -0.1) is 0 Å². The molecule has 0 aliphatic carbocycles. The minimum absolute atomic E-state index is 0.192. The van der Waals surface area contributed by atoms with E-state index in [4.69, 9.17) is 9.47 Å². The van der Waals surface area contributed by atoms with Crippen LogP contribution in [0.5, 0.6) is 11.5 Å². The van der Waals surface area contributed by atoms with Gasteiger partial charge in [0.2, 0.25) is 0 Å². The molecule has 0 atom stereocenters. The van der Waals surface area contributed by atoms with Crippen molar-refractivity contribution in [3.63, 3.8) is 0 Å². The van der Waals surface area contributed by atoms with Crippen LogP contribution in [0, 0.1) is 13.8 Å². The Hall–Kier alpha value is -3.13. The Bertz CT molecular complexity index is 1040. The summed E-state index contributed by atoms with van der Waals surface area (Å²) in [5.41, 5.74) is 2.43. The Labute approximate surface area is 176 Å². The molecular formula is C21H19BrN2O5. The maximum absolute atomic E-state index is 13.1. The second-order valence-electron chi connectivity index (χ2n) is 6.53. The number of methoxy groups -OCH3 is 2. The maximum atomic E-state index is 13.1. The van der Waals surface area contributed by atoms with Crippen LogP contribution in [0.4, 0.5) is 10.5 Å². The van der Waals surface area contributed by atoms with Gasteiger partial charge in [-0.25, -0.2) is 9.69 Å². The third kappa shape index (κ3) is 4.02. The Morgan fingerprint density at radius 3 is 2.21 bits per heavy atom. The van der Waals surface area contributed by atoms with Crippen molar-refractivity contribution in [3.8, 4) is 11.5 Å². The summed E-state index contributed by atoms with van der Waals surface area (Å²) in [5.74, 6) is -0.704. The Morgan fingerprint density at radius 1 is 0.966 bits per heavy atom. The van der Waals surface area contributed by atoms with Gasteiger partial charge in [-0.2, -0.15) is 0 Å². The van der Waals surface area contributed by atoms with Crippen molar-refractivity contribution in [2.45, 2.75) is 13.8 Å². The number of carbonyl (C=O) groups is 3. The standard InChI is InChI=1S/C21H19BrN2O5/c1-11-5-12(2)7-15(6-11)24-20(26)16(19(25)23-21(24)27)9-13-8-14(22)10-17(28-3)18(13)29-4/h5-10H,1-4H3,(H,23,25,27)/b16-9-. The Balaban J connectivity index is 2.12. The number of urea groups is 1. The fourth-order valence-electron chi connectivity index (χ4n) is 3.19. The first-order valence-corrected chi connectivity index (χ1v) is 9.45. The lowest BCUT2D eigenvalue weighted by molar-refractivity contribution is -0.122. The van der Waals surface area contributed by atoms with E-state index in [0.717, 1.165) is 16.0 Å². The van der Waals surface area contributed by atoms with Crippen molar-refractivity contribution in [2.75, 3.05) is 19.1 Å². The van der Waals surface area contributed by atoms with Gasteiger partial charge in [-0.1, -0.05) is 22.0 Å². The minimum Gasteiger partial charge on any atom is -0.493 e. The van der Waals surface area contributed by atoms with Gasteiger partial charge in [0.25, 0.3) is 11.8 Å². The van der Waals surface area contributed by atoms with Crippen molar-refractivity contribution in [1.29, 1.82) is 0 Å². The van der Waals surface area contributed by atoms with E-state index in [9.17, 15) is 14.4 Å². The molecule has 1 aliphatic rings. The van der Waals surface area contributed by atoms with E-state index in [2.05, 4.69) is 21.2 Å². The lowest BCUT2D eigenvalue weighted by atomic mass is 10.0. The number of halogens is 1. The molecule has 1 fully saturated rings. The highest BCUT2D eigenvalue weighted by molar-refractivity contribution is 9.10. The van der Waals surface area contributed by atoms with Crippen molar-refractivity contribution >= 4 is 45.5 Å². The number of hydrogen-bond donors (Lipinski definition) is 1. The van der Waals surface area contributed by atoms with Gasteiger partial charge in [-0.05, 0) is 55.3 Å². The first kappa shape index (κ1) is 20.6. The fraction of sp³-hybridized carbons (Fsp3) is 0.190. The van der Waals surface area contributed by atoms with E-state index < -0.39 is 17.8 Å². The number of anilines is 1. The lowest BCUT2D eigenvalue weighted by Gasteiger charge is -2.27. The first-order valence-electron chi connectivity index (χ1n) is 8.66. The quantitative estimate of drug-likeness (QED) is 0.556. The summed E-state index contributed by atoms with van der Waals surface area (Å²) in [7, 11) is 2.95. The van der Waals surface area contributed by atoms with Gasteiger partial charge in [0.15, 0.2) is 11.5 Å². The summed E-state index contributed by atoms with van der Waals surface area (Å²) in [6.07, 6.45) is 1.38. The molecule has 7 nitrogen and oxygen atoms in total. The van der Waals surface area contributed by atoms with E-state index in [1.807, 2.05) is 19.9 Å². The SMILES string of the molecule is COc1cc(Br)cc(/C=C2/C(=O)NC(=O)N(c3cc(C)cc(C)c3)C2=O)c1OC. The smallest absolute Gasteiger partial charge is 0.335 e. The monoisotopic (exact) mass is 458 g/mol. The number of hydrogen-bond acceptors (Lipinski definition) is 5. The van der Waals surface area contributed by atoms with Gasteiger partial charge in [0.1, 0.15) is 5.57 Å². The zero-order valence-electron chi connectivity index (χ0n) is 16.3. The first-order chi connectivity index (χ1) is 13.7. The normalized spacial score (nSPS) is 15.6. The minimum atomic E-state index is -0.791. The third-order valence-corrected chi connectivity index (χ3v) is 4.80.